The Bertz CT molecular complexity index is 438. The van der Waals surface area contributed by atoms with E-state index in [1.165, 1.54) is 32.1 Å². The predicted octanol–water partition coefficient (Wildman–Crippen LogP) is 4.43. The van der Waals surface area contributed by atoms with Gasteiger partial charge in [0.25, 0.3) is 5.69 Å². The quantitative estimate of drug-likeness (QED) is 0.647. The van der Waals surface area contributed by atoms with Crippen molar-refractivity contribution >= 4 is 11.4 Å². The molecular weight excluding hydrogens is 240 g/mol. The maximum Gasteiger partial charge on any atom is 0.295 e. The first-order valence-electron chi connectivity index (χ1n) is 7.19. The highest BCUT2D eigenvalue weighted by Crippen LogP contribution is 2.30. The minimum absolute atomic E-state index is 0.226. The van der Waals surface area contributed by atoms with Gasteiger partial charge in [-0.2, -0.15) is 0 Å². The summed E-state index contributed by atoms with van der Waals surface area (Å²) in [7, 11) is 0. The van der Waals surface area contributed by atoms with Crippen LogP contribution in [0, 0.1) is 17.0 Å². The monoisotopic (exact) mass is 262 g/mol. The number of aryl methyl sites for hydroxylation is 1. The van der Waals surface area contributed by atoms with Crippen LogP contribution in [-0.4, -0.2) is 11.0 Å². The van der Waals surface area contributed by atoms with Crippen LogP contribution in [0.4, 0.5) is 11.4 Å². The normalized spacial score (nSPS) is 17.5. The number of rotatable bonds is 3. The van der Waals surface area contributed by atoms with Crippen molar-refractivity contribution in [1.29, 1.82) is 0 Å². The molecule has 1 fully saturated rings. The lowest BCUT2D eigenvalue weighted by Crippen LogP contribution is -2.21. The van der Waals surface area contributed by atoms with Crippen molar-refractivity contribution in [2.45, 2.75) is 57.9 Å². The lowest BCUT2D eigenvalue weighted by Gasteiger charge is -2.22. The van der Waals surface area contributed by atoms with Crippen LogP contribution in [0.2, 0.25) is 0 Å². The van der Waals surface area contributed by atoms with Gasteiger partial charge in [0, 0.05) is 11.6 Å². The summed E-state index contributed by atoms with van der Waals surface area (Å²) < 4.78 is 0. The molecule has 0 aromatic heterocycles. The van der Waals surface area contributed by atoms with Gasteiger partial charge in [0.15, 0.2) is 0 Å². The van der Waals surface area contributed by atoms with E-state index in [0.717, 1.165) is 18.4 Å². The Morgan fingerprint density at radius 2 is 1.79 bits per heavy atom. The van der Waals surface area contributed by atoms with Crippen LogP contribution in [0.15, 0.2) is 18.2 Å². The van der Waals surface area contributed by atoms with Gasteiger partial charge >= 0.3 is 0 Å². The second-order valence-electron chi connectivity index (χ2n) is 5.41. The fourth-order valence-electron chi connectivity index (χ4n) is 2.84. The van der Waals surface area contributed by atoms with E-state index in [1.807, 2.05) is 12.1 Å². The highest BCUT2D eigenvalue weighted by molar-refractivity contribution is 5.65. The summed E-state index contributed by atoms with van der Waals surface area (Å²) in [6.07, 6.45) is 8.57. The zero-order chi connectivity index (χ0) is 13.7. The number of hydrogen-bond acceptors (Lipinski definition) is 3. The lowest BCUT2D eigenvalue weighted by atomic mass is 9.96. The van der Waals surface area contributed by atoms with Crippen molar-refractivity contribution in [2.24, 2.45) is 0 Å². The molecule has 0 heterocycles. The third-order valence-corrected chi connectivity index (χ3v) is 3.89. The number of nitro benzene ring substituents is 1. The van der Waals surface area contributed by atoms with Crippen LogP contribution >= 0.6 is 0 Å². The van der Waals surface area contributed by atoms with Gasteiger partial charge in [-0.1, -0.05) is 44.2 Å². The van der Waals surface area contributed by atoms with E-state index in [4.69, 9.17) is 0 Å². The number of para-hydroxylation sites is 1. The Kier molecular flexibility index (Phi) is 4.77. The molecule has 0 aliphatic heterocycles. The van der Waals surface area contributed by atoms with Crippen LogP contribution < -0.4 is 5.32 Å². The Hall–Kier alpha value is -1.58. The van der Waals surface area contributed by atoms with Crippen LogP contribution in [0.3, 0.4) is 0 Å². The molecule has 0 bridgehead atoms. The third-order valence-electron chi connectivity index (χ3n) is 3.89. The number of hydrogen-bond donors (Lipinski definition) is 1. The molecule has 1 aromatic carbocycles. The molecule has 1 N–H and O–H groups in total. The van der Waals surface area contributed by atoms with Gasteiger partial charge in [0.1, 0.15) is 5.69 Å². The fourth-order valence-corrected chi connectivity index (χ4v) is 2.84. The summed E-state index contributed by atoms with van der Waals surface area (Å²) in [6.45, 7) is 1.79. The van der Waals surface area contributed by atoms with Crippen LogP contribution in [0.5, 0.6) is 0 Å². The van der Waals surface area contributed by atoms with Gasteiger partial charge < -0.3 is 5.32 Å². The molecule has 2 rings (SSSR count). The highest BCUT2D eigenvalue weighted by atomic mass is 16.6. The first kappa shape index (κ1) is 13.8. The molecule has 1 saturated carbocycles. The Balaban J connectivity index is 2.13. The fraction of sp³-hybridized carbons (Fsp3) is 0.600. The van der Waals surface area contributed by atoms with Crippen molar-refractivity contribution in [3.8, 4) is 0 Å². The Morgan fingerprint density at radius 1 is 1.16 bits per heavy atom. The van der Waals surface area contributed by atoms with Crippen LogP contribution in [0.25, 0.3) is 0 Å². The smallest absolute Gasteiger partial charge is 0.295 e. The van der Waals surface area contributed by atoms with Gasteiger partial charge in [-0.15, -0.1) is 0 Å². The lowest BCUT2D eigenvalue weighted by molar-refractivity contribution is -0.384. The van der Waals surface area contributed by atoms with E-state index in [0.29, 0.717) is 11.7 Å². The predicted molar refractivity (Wildman–Crippen MR) is 77.6 cm³/mol. The SMILES string of the molecule is Cc1cccc(NC2CCCCCCC2)c1[N+](=O)[O-]. The minimum Gasteiger partial charge on any atom is -0.377 e. The second-order valence-corrected chi connectivity index (χ2v) is 5.41. The topological polar surface area (TPSA) is 55.2 Å². The number of nitrogens with one attached hydrogen (secondary N) is 1. The number of benzene rings is 1. The standard InChI is InChI=1S/C15H22N2O2/c1-12-8-7-11-14(15(12)17(18)19)16-13-9-5-3-2-4-6-10-13/h7-8,11,13,16H,2-6,9-10H2,1H3. The van der Waals surface area contributed by atoms with E-state index >= 15 is 0 Å². The van der Waals surface area contributed by atoms with E-state index in [9.17, 15) is 10.1 Å². The average Bonchev–Trinajstić information content (AvgIpc) is 2.32. The highest BCUT2D eigenvalue weighted by Gasteiger charge is 2.19. The maximum atomic E-state index is 11.2. The molecule has 4 heteroatoms. The summed E-state index contributed by atoms with van der Waals surface area (Å²) in [6, 6.07) is 5.87. The van der Waals surface area contributed by atoms with Crippen molar-refractivity contribution in [3.63, 3.8) is 0 Å². The molecule has 0 saturated heterocycles. The second kappa shape index (κ2) is 6.55. The molecular formula is C15H22N2O2. The molecule has 0 unspecified atom stereocenters. The summed E-state index contributed by atoms with van der Waals surface area (Å²) in [5.74, 6) is 0. The summed E-state index contributed by atoms with van der Waals surface area (Å²) in [5, 5.41) is 14.6. The van der Waals surface area contributed by atoms with Crippen LogP contribution in [0.1, 0.15) is 50.5 Å². The van der Waals surface area contributed by atoms with Crippen LogP contribution in [-0.2, 0) is 0 Å². The zero-order valence-corrected chi connectivity index (χ0v) is 11.5. The van der Waals surface area contributed by atoms with E-state index in [1.54, 1.807) is 13.0 Å². The zero-order valence-electron chi connectivity index (χ0n) is 11.5. The average molecular weight is 262 g/mol. The molecule has 1 aliphatic rings. The Morgan fingerprint density at radius 3 is 2.42 bits per heavy atom. The molecule has 1 aromatic rings. The molecule has 0 amide bonds. The number of nitrogens with zero attached hydrogens (tertiary/aromatic N) is 1. The van der Waals surface area contributed by atoms with Crippen molar-refractivity contribution < 1.29 is 4.92 Å². The minimum atomic E-state index is -0.277. The molecule has 4 nitrogen and oxygen atoms in total. The number of nitro groups is 1. The maximum absolute atomic E-state index is 11.2. The summed E-state index contributed by atoms with van der Waals surface area (Å²) in [4.78, 5) is 10.9. The summed E-state index contributed by atoms with van der Waals surface area (Å²) >= 11 is 0. The van der Waals surface area contributed by atoms with Gasteiger partial charge in [-0.3, -0.25) is 10.1 Å². The molecule has 0 radical (unpaired) electrons. The van der Waals surface area contributed by atoms with Gasteiger partial charge in [0.05, 0.1) is 4.92 Å². The molecule has 104 valence electrons. The largest absolute Gasteiger partial charge is 0.377 e. The third kappa shape index (κ3) is 3.69. The Labute approximate surface area is 114 Å². The molecule has 1 aliphatic carbocycles. The van der Waals surface area contributed by atoms with E-state index in [-0.39, 0.29) is 10.6 Å². The van der Waals surface area contributed by atoms with Crippen molar-refractivity contribution in [2.75, 3.05) is 5.32 Å². The molecule has 19 heavy (non-hydrogen) atoms. The van der Waals surface area contributed by atoms with E-state index < -0.39 is 0 Å². The van der Waals surface area contributed by atoms with Gasteiger partial charge in [-0.25, -0.2) is 0 Å². The summed E-state index contributed by atoms with van der Waals surface area (Å²) in [5.41, 5.74) is 1.63. The molecule has 0 atom stereocenters. The van der Waals surface area contributed by atoms with Crippen molar-refractivity contribution in [3.05, 3.63) is 33.9 Å². The van der Waals surface area contributed by atoms with E-state index in [2.05, 4.69) is 5.32 Å². The van der Waals surface area contributed by atoms with Gasteiger partial charge in [0.2, 0.25) is 0 Å². The van der Waals surface area contributed by atoms with Crippen molar-refractivity contribution in [1.82, 2.24) is 0 Å². The first-order valence-corrected chi connectivity index (χ1v) is 7.19. The first-order chi connectivity index (χ1) is 9.18. The number of anilines is 1. The molecule has 0 spiro atoms. The van der Waals surface area contributed by atoms with Gasteiger partial charge in [-0.05, 0) is 25.8 Å².